The normalized spacial score (nSPS) is 11.7. The highest BCUT2D eigenvalue weighted by Crippen LogP contribution is 2.16. The fourth-order valence-electron chi connectivity index (χ4n) is 4.01. The topological polar surface area (TPSA) is 138 Å². The molecule has 0 saturated heterocycles. The summed E-state index contributed by atoms with van der Waals surface area (Å²) in [5.74, 6) is -1.54. The summed E-state index contributed by atoms with van der Waals surface area (Å²) in [4.78, 5) is 59.2. The summed E-state index contributed by atoms with van der Waals surface area (Å²) in [7, 11) is 0. The first-order chi connectivity index (χ1) is 17.8. The molecule has 0 aliphatic rings. The Bertz CT molecular complexity index is 1690. The molecule has 0 aliphatic heterocycles. The van der Waals surface area contributed by atoms with Gasteiger partial charge in [0.05, 0.1) is 16.9 Å². The zero-order valence-electron chi connectivity index (χ0n) is 20.6. The summed E-state index contributed by atoms with van der Waals surface area (Å²) >= 11 is 0. The second-order valence-corrected chi connectivity index (χ2v) is 8.37. The van der Waals surface area contributed by atoms with Gasteiger partial charge in [0.25, 0.3) is 17.2 Å². The molecule has 11 heteroatoms. The molecule has 0 aliphatic carbocycles. The van der Waals surface area contributed by atoms with Gasteiger partial charge in [0.2, 0.25) is 0 Å². The molecule has 0 N–H and O–H groups in total. The molecule has 0 saturated carbocycles. The summed E-state index contributed by atoms with van der Waals surface area (Å²) in [6.45, 7) is 5.83. The summed E-state index contributed by atoms with van der Waals surface area (Å²) < 4.78 is 8.20. The van der Waals surface area contributed by atoms with E-state index in [0.29, 0.717) is 18.6 Å². The first-order valence-corrected chi connectivity index (χ1v) is 11.8. The maximum absolute atomic E-state index is 13.5. The molecule has 3 heterocycles. The molecule has 1 aromatic carbocycles. The van der Waals surface area contributed by atoms with E-state index in [9.17, 15) is 24.5 Å². The molecular formula is C26H25N5O6. The number of benzene rings is 1. The number of pyridine rings is 2. The van der Waals surface area contributed by atoms with Crippen LogP contribution in [0.25, 0.3) is 16.7 Å². The van der Waals surface area contributed by atoms with Crippen LogP contribution in [0.15, 0.2) is 58.4 Å². The van der Waals surface area contributed by atoms with E-state index in [1.807, 2.05) is 19.9 Å². The predicted molar refractivity (Wildman–Crippen MR) is 136 cm³/mol. The molecule has 0 bridgehead atoms. The van der Waals surface area contributed by atoms with Crippen LogP contribution in [0.2, 0.25) is 0 Å². The molecule has 11 nitrogen and oxygen atoms in total. The fraction of sp³-hybridized carbons (Fsp3) is 0.269. The fourth-order valence-corrected chi connectivity index (χ4v) is 4.01. The Morgan fingerprint density at radius 2 is 1.92 bits per heavy atom. The van der Waals surface area contributed by atoms with Crippen molar-refractivity contribution in [3.8, 4) is 0 Å². The van der Waals surface area contributed by atoms with Crippen LogP contribution in [0.4, 0.5) is 5.69 Å². The molecule has 3 aromatic heterocycles. The van der Waals surface area contributed by atoms with Crippen molar-refractivity contribution in [1.82, 2.24) is 14.0 Å². The summed E-state index contributed by atoms with van der Waals surface area (Å²) in [6, 6.07) is 10.1. The number of hydrogen-bond acceptors (Lipinski definition) is 7. The smallest absolute Gasteiger partial charge is 0.341 e. The van der Waals surface area contributed by atoms with Crippen molar-refractivity contribution in [2.75, 3.05) is 6.61 Å². The maximum atomic E-state index is 13.5. The lowest BCUT2D eigenvalue weighted by atomic mass is 10.1. The van der Waals surface area contributed by atoms with Gasteiger partial charge in [-0.15, -0.1) is 0 Å². The molecule has 4 rings (SSSR count). The Morgan fingerprint density at radius 1 is 1.14 bits per heavy atom. The molecule has 1 amide bonds. The van der Waals surface area contributed by atoms with E-state index >= 15 is 0 Å². The molecule has 0 fully saturated rings. The van der Waals surface area contributed by atoms with Crippen molar-refractivity contribution in [3.05, 3.63) is 91.3 Å². The number of nitrogens with zero attached hydrogens (tertiary/aromatic N) is 5. The number of rotatable bonds is 7. The molecule has 0 spiro atoms. The van der Waals surface area contributed by atoms with Crippen LogP contribution < -0.4 is 11.0 Å². The Kier molecular flexibility index (Phi) is 7.23. The number of non-ortho nitro benzene ring substituents is 1. The minimum atomic E-state index is -0.785. The van der Waals surface area contributed by atoms with Gasteiger partial charge in [-0.2, -0.15) is 4.99 Å². The lowest BCUT2D eigenvalue weighted by Gasteiger charge is -2.15. The molecule has 4 aromatic rings. The van der Waals surface area contributed by atoms with E-state index in [1.54, 1.807) is 23.8 Å². The van der Waals surface area contributed by atoms with E-state index in [1.165, 1.54) is 28.7 Å². The van der Waals surface area contributed by atoms with E-state index in [0.717, 1.165) is 18.1 Å². The number of amides is 1. The quantitative estimate of drug-likeness (QED) is 0.163. The second kappa shape index (κ2) is 10.5. The number of carbonyl (C=O) groups excluding carboxylic acids is 2. The van der Waals surface area contributed by atoms with E-state index in [-0.39, 0.29) is 45.5 Å². The highest BCUT2D eigenvalue weighted by Gasteiger charge is 2.21. The predicted octanol–water partition coefficient (Wildman–Crippen LogP) is 3.58. The largest absolute Gasteiger partial charge is 0.462 e. The summed E-state index contributed by atoms with van der Waals surface area (Å²) in [5.41, 5.74) is 0.711. The van der Waals surface area contributed by atoms with Crippen molar-refractivity contribution in [2.24, 2.45) is 4.99 Å². The van der Waals surface area contributed by atoms with Gasteiger partial charge in [0.1, 0.15) is 16.9 Å². The number of hydrogen-bond donors (Lipinski definition) is 0. The summed E-state index contributed by atoms with van der Waals surface area (Å²) in [5, 5.41) is 11.4. The van der Waals surface area contributed by atoms with Crippen molar-refractivity contribution < 1.29 is 19.2 Å². The van der Waals surface area contributed by atoms with E-state index in [4.69, 9.17) is 9.72 Å². The number of carbonyl (C=O) groups is 2. The third-order valence-electron chi connectivity index (χ3n) is 5.85. The van der Waals surface area contributed by atoms with E-state index in [2.05, 4.69) is 4.99 Å². The zero-order chi connectivity index (χ0) is 26.7. The van der Waals surface area contributed by atoms with Crippen molar-refractivity contribution in [3.63, 3.8) is 0 Å². The zero-order valence-corrected chi connectivity index (χ0v) is 20.6. The Labute approximate surface area is 210 Å². The van der Waals surface area contributed by atoms with Gasteiger partial charge >= 0.3 is 5.97 Å². The average molecular weight is 504 g/mol. The second-order valence-electron chi connectivity index (χ2n) is 8.37. The number of aromatic nitrogens is 3. The molecule has 0 unspecified atom stereocenters. The van der Waals surface area contributed by atoms with Crippen LogP contribution in [0.5, 0.6) is 0 Å². The van der Waals surface area contributed by atoms with Crippen molar-refractivity contribution >= 4 is 34.2 Å². The minimum Gasteiger partial charge on any atom is -0.462 e. The lowest BCUT2D eigenvalue weighted by molar-refractivity contribution is -0.384. The van der Waals surface area contributed by atoms with Gasteiger partial charge in [-0.25, -0.2) is 9.78 Å². The van der Waals surface area contributed by atoms with Crippen LogP contribution in [0.1, 0.15) is 53.0 Å². The van der Waals surface area contributed by atoms with Gasteiger partial charge in [-0.3, -0.25) is 24.1 Å². The number of aryl methyl sites for hydroxylation is 2. The highest BCUT2D eigenvalue weighted by atomic mass is 16.6. The monoisotopic (exact) mass is 503 g/mol. The number of nitro benzene ring substituents is 1. The third-order valence-corrected chi connectivity index (χ3v) is 5.85. The van der Waals surface area contributed by atoms with Crippen molar-refractivity contribution in [1.29, 1.82) is 0 Å². The Morgan fingerprint density at radius 3 is 2.62 bits per heavy atom. The Balaban J connectivity index is 2.11. The molecular weight excluding hydrogens is 478 g/mol. The number of esters is 1. The number of unbranched alkanes of at least 4 members (excludes halogenated alkanes) is 1. The first kappa shape index (κ1) is 25.4. The van der Waals surface area contributed by atoms with Crippen LogP contribution >= 0.6 is 0 Å². The van der Waals surface area contributed by atoms with Crippen LogP contribution in [-0.2, 0) is 11.3 Å². The van der Waals surface area contributed by atoms with Crippen LogP contribution in [0.3, 0.4) is 0 Å². The highest BCUT2D eigenvalue weighted by molar-refractivity contribution is 5.97. The summed E-state index contributed by atoms with van der Waals surface area (Å²) in [6.07, 6.45) is 3.03. The standard InChI is InChI=1S/C26H25N5O6/c1-4-6-12-29-22-19(25(33)30-13-8-9-16(3)21(30)27-22)15-20(26(34)37-5-2)23(29)28-24(32)17-10-7-11-18(14-17)31(35)36/h7-11,13-15H,4-6,12H2,1-3H3. The molecule has 190 valence electrons. The van der Waals surface area contributed by atoms with Gasteiger partial charge < -0.3 is 9.30 Å². The average Bonchev–Trinajstić information content (AvgIpc) is 2.88. The van der Waals surface area contributed by atoms with Gasteiger partial charge in [0, 0.05) is 30.4 Å². The first-order valence-electron chi connectivity index (χ1n) is 11.8. The molecule has 37 heavy (non-hydrogen) atoms. The van der Waals surface area contributed by atoms with Gasteiger partial charge in [-0.05, 0) is 44.0 Å². The number of nitro groups is 1. The maximum Gasteiger partial charge on any atom is 0.341 e. The molecule has 0 atom stereocenters. The van der Waals surface area contributed by atoms with E-state index < -0.39 is 16.8 Å². The third kappa shape index (κ3) is 4.88. The molecule has 0 radical (unpaired) electrons. The van der Waals surface area contributed by atoms with Gasteiger partial charge in [0.15, 0.2) is 5.49 Å². The Hall–Kier alpha value is -4.67. The van der Waals surface area contributed by atoms with Crippen LogP contribution in [0, 0.1) is 17.0 Å². The lowest BCUT2D eigenvalue weighted by Crippen LogP contribution is -2.33. The van der Waals surface area contributed by atoms with Crippen molar-refractivity contribution in [2.45, 2.75) is 40.2 Å². The SMILES string of the molecule is CCCCn1c(=NC(=O)c2cccc([N+](=O)[O-])c2)c(C(=O)OCC)cc2c(=O)n3cccc(C)c3nc21. The van der Waals surface area contributed by atoms with Gasteiger partial charge in [-0.1, -0.05) is 25.5 Å². The minimum absolute atomic E-state index is 0.0199. The number of fused-ring (bicyclic) bond motifs is 2. The number of ether oxygens (including phenoxy) is 1. The van der Waals surface area contributed by atoms with Crippen LogP contribution in [-0.4, -0.2) is 37.4 Å².